The van der Waals surface area contributed by atoms with E-state index in [0.29, 0.717) is 32.3 Å². The van der Waals surface area contributed by atoms with E-state index in [2.05, 4.69) is 0 Å². The van der Waals surface area contributed by atoms with Gasteiger partial charge in [0, 0.05) is 38.2 Å². The minimum absolute atomic E-state index is 0.0722. The van der Waals surface area contributed by atoms with Crippen molar-refractivity contribution in [1.29, 1.82) is 0 Å². The SMILES string of the molecule is CCO[Si](CCCC1CC(=O)CC1=O)(OCC)OCC. The van der Waals surface area contributed by atoms with Crippen molar-refractivity contribution < 1.29 is 22.9 Å². The van der Waals surface area contributed by atoms with Crippen LogP contribution < -0.4 is 0 Å². The molecule has 1 fully saturated rings. The Morgan fingerprint density at radius 2 is 1.60 bits per heavy atom. The van der Waals surface area contributed by atoms with Crippen LogP contribution in [-0.2, 0) is 22.9 Å². The van der Waals surface area contributed by atoms with E-state index in [1.54, 1.807) is 0 Å². The summed E-state index contributed by atoms with van der Waals surface area (Å²) in [6.07, 6.45) is 2.06. The smallest absolute Gasteiger partial charge is 0.374 e. The van der Waals surface area contributed by atoms with Crippen molar-refractivity contribution in [2.24, 2.45) is 5.92 Å². The maximum absolute atomic E-state index is 11.6. The quantitative estimate of drug-likeness (QED) is 0.458. The Labute approximate surface area is 122 Å². The maximum Gasteiger partial charge on any atom is 0.500 e. The van der Waals surface area contributed by atoms with Gasteiger partial charge in [0.15, 0.2) is 0 Å². The summed E-state index contributed by atoms with van der Waals surface area (Å²) in [7, 11) is -2.60. The van der Waals surface area contributed by atoms with Crippen molar-refractivity contribution in [3.05, 3.63) is 0 Å². The first-order valence-electron chi connectivity index (χ1n) is 7.53. The normalized spacial score (nSPS) is 19.9. The molecule has 0 aromatic rings. The molecule has 0 spiro atoms. The Morgan fingerprint density at radius 3 is 2.00 bits per heavy atom. The number of Topliss-reactive ketones (excluding diaryl/α,β-unsaturated/α-hetero) is 2. The Kier molecular flexibility index (Phi) is 7.58. The van der Waals surface area contributed by atoms with Crippen LogP contribution in [0.25, 0.3) is 0 Å². The van der Waals surface area contributed by atoms with E-state index in [4.69, 9.17) is 13.3 Å². The van der Waals surface area contributed by atoms with Crippen molar-refractivity contribution >= 4 is 20.4 Å². The molecular weight excluding hydrogens is 276 g/mol. The van der Waals surface area contributed by atoms with Crippen molar-refractivity contribution in [2.45, 2.75) is 52.5 Å². The predicted molar refractivity (Wildman–Crippen MR) is 77.4 cm³/mol. The molecule has 20 heavy (non-hydrogen) atoms. The summed E-state index contributed by atoms with van der Waals surface area (Å²) in [4.78, 5) is 22.9. The van der Waals surface area contributed by atoms with Crippen molar-refractivity contribution in [3.8, 4) is 0 Å². The molecule has 5 nitrogen and oxygen atoms in total. The summed E-state index contributed by atoms with van der Waals surface area (Å²) in [6, 6.07) is 0.709. The zero-order chi connectivity index (χ0) is 15.0. The number of ketones is 2. The number of carbonyl (C=O) groups excluding carboxylic acids is 2. The molecule has 116 valence electrons. The average molecular weight is 302 g/mol. The van der Waals surface area contributed by atoms with Crippen LogP contribution in [0.3, 0.4) is 0 Å². The zero-order valence-corrected chi connectivity index (χ0v) is 13.8. The summed E-state index contributed by atoms with van der Waals surface area (Å²) < 4.78 is 17.3. The molecule has 1 aliphatic rings. The standard InChI is InChI=1S/C14H26O5Si/c1-4-17-20(18-5-2,19-6-3)9-7-8-12-10-13(15)11-14(12)16/h12H,4-11H2,1-3H3. The molecule has 1 atom stereocenters. The third-order valence-electron chi connectivity index (χ3n) is 3.43. The molecule has 0 saturated heterocycles. The van der Waals surface area contributed by atoms with Gasteiger partial charge in [-0.15, -0.1) is 0 Å². The van der Waals surface area contributed by atoms with Gasteiger partial charge in [-0.25, -0.2) is 0 Å². The first-order valence-corrected chi connectivity index (χ1v) is 9.46. The van der Waals surface area contributed by atoms with Crippen molar-refractivity contribution in [1.82, 2.24) is 0 Å². The second-order valence-electron chi connectivity index (χ2n) is 4.96. The minimum Gasteiger partial charge on any atom is -0.374 e. The van der Waals surface area contributed by atoms with Crippen LogP contribution in [0.4, 0.5) is 0 Å². The Balaban J connectivity index is 2.48. The molecule has 6 heteroatoms. The van der Waals surface area contributed by atoms with Crippen molar-refractivity contribution in [2.75, 3.05) is 19.8 Å². The predicted octanol–water partition coefficient (Wildman–Crippen LogP) is 2.36. The lowest BCUT2D eigenvalue weighted by atomic mass is 10.0. The summed E-state index contributed by atoms with van der Waals surface area (Å²) in [5.74, 6) is 0.0634. The molecule has 0 N–H and O–H groups in total. The van der Waals surface area contributed by atoms with Crippen molar-refractivity contribution in [3.63, 3.8) is 0 Å². The lowest BCUT2D eigenvalue weighted by Gasteiger charge is -2.28. The number of rotatable bonds is 10. The zero-order valence-electron chi connectivity index (χ0n) is 12.8. The van der Waals surface area contributed by atoms with E-state index in [1.807, 2.05) is 20.8 Å². The van der Waals surface area contributed by atoms with E-state index in [0.717, 1.165) is 12.8 Å². The fraction of sp³-hybridized carbons (Fsp3) is 0.857. The molecule has 0 aliphatic heterocycles. The first-order chi connectivity index (χ1) is 9.56. The Bertz CT molecular complexity index is 315. The van der Waals surface area contributed by atoms with E-state index < -0.39 is 8.80 Å². The van der Waals surface area contributed by atoms with Gasteiger partial charge in [-0.3, -0.25) is 9.59 Å². The summed E-state index contributed by atoms with van der Waals surface area (Å²) in [5, 5.41) is 0. The average Bonchev–Trinajstić information content (AvgIpc) is 2.69. The van der Waals surface area contributed by atoms with E-state index in [-0.39, 0.29) is 23.9 Å². The second-order valence-corrected chi connectivity index (χ2v) is 7.69. The molecule has 1 unspecified atom stereocenters. The van der Waals surface area contributed by atoms with Crippen LogP contribution in [-0.4, -0.2) is 40.2 Å². The van der Waals surface area contributed by atoms with Crippen LogP contribution in [0.15, 0.2) is 0 Å². The van der Waals surface area contributed by atoms with Gasteiger partial charge in [-0.1, -0.05) is 0 Å². The molecule has 0 heterocycles. The fourth-order valence-corrected chi connectivity index (χ4v) is 5.27. The highest BCUT2D eigenvalue weighted by atomic mass is 28.4. The molecule has 0 aromatic carbocycles. The largest absolute Gasteiger partial charge is 0.500 e. The van der Waals surface area contributed by atoms with E-state index in [9.17, 15) is 9.59 Å². The third-order valence-corrected chi connectivity index (χ3v) is 6.58. The van der Waals surface area contributed by atoms with Gasteiger partial charge in [0.2, 0.25) is 0 Å². The molecule has 0 amide bonds. The summed E-state index contributed by atoms with van der Waals surface area (Å²) in [6.45, 7) is 7.48. The fourth-order valence-electron chi connectivity index (χ4n) is 2.63. The molecule has 1 aliphatic carbocycles. The van der Waals surface area contributed by atoms with Gasteiger partial charge < -0.3 is 13.3 Å². The second kappa shape index (κ2) is 8.66. The monoisotopic (exact) mass is 302 g/mol. The molecular formula is C14H26O5Si. The molecule has 0 aromatic heterocycles. The van der Waals surface area contributed by atoms with Gasteiger partial charge in [0.25, 0.3) is 0 Å². The van der Waals surface area contributed by atoms with Crippen LogP contribution in [0, 0.1) is 5.92 Å². The first kappa shape index (κ1) is 17.5. The molecule has 1 rings (SSSR count). The van der Waals surface area contributed by atoms with Gasteiger partial charge in [0.1, 0.15) is 11.6 Å². The topological polar surface area (TPSA) is 61.8 Å². The van der Waals surface area contributed by atoms with Crippen LogP contribution >= 0.6 is 0 Å². The summed E-state index contributed by atoms with van der Waals surface area (Å²) >= 11 is 0. The van der Waals surface area contributed by atoms with Crippen LogP contribution in [0.5, 0.6) is 0 Å². The third kappa shape index (κ3) is 5.09. The highest BCUT2D eigenvalue weighted by Gasteiger charge is 2.40. The molecule has 1 saturated carbocycles. The lowest BCUT2D eigenvalue weighted by molar-refractivity contribution is -0.122. The van der Waals surface area contributed by atoms with Crippen LogP contribution in [0.2, 0.25) is 6.04 Å². The van der Waals surface area contributed by atoms with Gasteiger partial charge >= 0.3 is 8.80 Å². The van der Waals surface area contributed by atoms with Crippen LogP contribution in [0.1, 0.15) is 46.5 Å². The lowest BCUT2D eigenvalue weighted by Crippen LogP contribution is -2.46. The molecule has 0 radical (unpaired) electrons. The Hall–Kier alpha value is -0.563. The summed E-state index contributed by atoms with van der Waals surface area (Å²) in [5.41, 5.74) is 0. The highest BCUT2D eigenvalue weighted by Crippen LogP contribution is 2.27. The molecule has 0 bridgehead atoms. The number of carbonyl (C=O) groups is 2. The van der Waals surface area contributed by atoms with E-state index in [1.165, 1.54) is 0 Å². The van der Waals surface area contributed by atoms with E-state index >= 15 is 0 Å². The Morgan fingerprint density at radius 1 is 1.05 bits per heavy atom. The maximum atomic E-state index is 11.6. The van der Waals surface area contributed by atoms with Gasteiger partial charge in [-0.2, -0.15) is 0 Å². The number of hydrogen-bond acceptors (Lipinski definition) is 5. The van der Waals surface area contributed by atoms with Gasteiger partial charge in [0.05, 0.1) is 6.42 Å². The minimum atomic E-state index is -2.60. The van der Waals surface area contributed by atoms with Gasteiger partial charge in [-0.05, 0) is 33.6 Å². The highest BCUT2D eigenvalue weighted by molar-refractivity contribution is 6.60. The number of hydrogen-bond donors (Lipinski definition) is 0.